The molecule has 6 aromatic heterocycles. The van der Waals surface area contributed by atoms with Crippen LogP contribution in [0.5, 0.6) is 0 Å². The number of carbonyl (C=O) groups excluding carboxylic acids is 1. The number of hydrogen-bond acceptors (Lipinski definition) is 9. The summed E-state index contributed by atoms with van der Waals surface area (Å²) in [5.74, 6) is -7.07. The van der Waals surface area contributed by atoms with Gasteiger partial charge in [0.1, 0.15) is 29.1 Å². The zero-order valence-corrected chi connectivity index (χ0v) is 27.4. The van der Waals surface area contributed by atoms with Gasteiger partial charge in [0, 0.05) is 42.2 Å². The van der Waals surface area contributed by atoms with Gasteiger partial charge in [0.2, 0.25) is 5.95 Å². The van der Waals surface area contributed by atoms with E-state index < -0.39 is 70.4 Å². The van der Waals surface area contributed by atoms with Gasteiger partial charge < -0.3 is 11.5 Å². The van der Waals surface area contributed by atoms with Gasteiger partial charge in [-0.05, 0) is 18.2 Å². The number of anilines is 2. The zero-order chi connectivity index (χ0) is 40.3. The molecule has 0 radical (unpaired) electrons. The predicted molar refractivity (Wildman–Crippen MR) is 187 cm³/mol. The molecule has 6 heterocycles. The van der Waals surface area contributed by atoms with Crippen molar-refractivity contribution in [1.82, 2.24) is 44.7 Å². The molecule has 0 aliphatic heterocycles. The first kappa shape index (κ1) is 46.0. The number of H-pyrrole nitrogens is 1. The quantitative estimate of drug-likeness (QED) is 0.0889. The number of benzene rings is 1. The molecule has 7 rings (SSSR count). The maximum atomic E-state index is 13.7. The smallest absolute Gasteiger partial charge is 0.384 e. The molecule has 0 atom stereocenters. The number of halogens is 10. The molecule has 0 spiro atoms. The molecule has 1 aromatic carbocycles. The van der Waals surface area contributed by atoms with Crippen LogP contribution in [0.4, 0.5) is 55.5 Å². The van der Waals surface area contributed by atoms with Crippen LogP contribution in [-0.2, 0) is 12.6 Å². The van der Waals surface area contributed by atoms with Crippen LogP contribution in [0.2, 0.25) is 0 Å². The number of nitrogens with zero attached hydrogens (tertiary/aromatic N) is 8. The van der Waals surface area contributed by atoms with Crippen molar-refractivity contribution in [1.29, 1.82) is 0 Å². The van der Waals surface area contributed by atoms with Gasteiger partial charge in [-0.25, -0.2) is 50.7 Å². The second kappa shape index (κ2) is 20.5. The number of Topliss-reactive ketones (excluding diaryl/α,β-unsaturated/α-hetero) is 1. The number of nitrogens with one attached hydrogen (secondary N) is 1. The van der Waals surface area contributed by atoms with Crippen LogP contribution in [0.3, 0.4) is 0 Å². The lowest BCUT2D eigenvalue weighted by atomic mass is 10.0. The van der Waals surface area contributed by atoms with Crippen molar-refractivity contribution in [2.24, 2.45) is 0 Å². The first-order valence-electron chi connectivity index (χ1n) is 14.9. The van der Waals surface area contributed by atoms with E-state index in [1.54, 1.807) is 12.3 Å². The summed E-state index contributed by atoms with van der Waals surface area (Å²) in [6.45, 7) is 0. The standard InChI is InChI=1S/C17H10F5N3O.C8H6F2N4.C5H2F3N.C3H5N3.2CH4/c18-10-7-14(19)16(23-9-10)25-6-5-11(24-25)8-15(26)12-3-1-2-4-13(12)17(20,21)22;9-5-3-6(10)8(12-4-5)14-2-1-7(11)13-14;6-3-1-4(7)5(8)9-2-3;4-3-1-2-5-6-3;;/h1-7,9H,8H2;1-4H,(H2,11,13);1-2H;1-2H,(H3,4,5,6);2*1H4. The van der Waals surface area contributed by atoms with Crippen molar-refractivity contribution >= 4 is 17.4 Å². The Balaban J connectivity index is 0.000000301. The molecule has 7 aromatic rings. The van der Waals surface area contributed by atoms with Gasteiger partial charge in [-0.3, -0.25) is 9.89 Å². The first-order chi connectivity index (χ1) is 26.0. The predicted octanol–water partition coefficient (Wildman–Crippen LogP) is 7.88. The van der Waals surface area contributed by atoms with E-state index in [2.05, 4.69) is 35.3 Å². The Labute approximate surface area is 316 Å². The number of ketones is 1. The van der Waals surface area contributed by atoms with Gasteiger partial charge in [0.05, 0.1) is 42.5 Å². The molecular weight excluding hydrogens is 780 g/mol. The fraction of sp³-hybridized carbons (Fsp3) is 0.114. The molecule has 0 saturated carbocycles. The van der Waals surface area contributed by atoms with Gasteiger partial charge in [0.25, 0.3) is 0 Å². The first-order valence-corrected chi connectivity index (χ1v) is 14.9. The highest BCUT2D eigenvalue weighted by Crippen LogP contribution is 2.32. The van der Waals surface area contributed by atoms with E-state index in [9.17, 15) is 48.7 Å². The van der Waals surface area contributed by atoms with Gasteiger partial charge in [-0.1, -0.05) is 33.1 Å². The van der Waals surface area contributed by atoms with Crippen LogP contribution in [-0.4, -0.2) is 50.5 Å². The Morgan fingerprint density at radius 1 is 0.684 bits per heavy atom. The highest BCUT2D eigenvalue weighted by Gasteiger charge is 2.34. The van der Waals surface area contributed by atoms with Crippen molar-refractivity contribution in [3.8, 4) is 11.6 Å². The van der Waals surface area contributed by atoms with E-state index in [1.807, 2.05) is 0 Å². The number of carbonyl (C=O) groups is 1. The maximum absolute atomic E-state index is 13.7. The number of hydrogen-bond donors (Lipinski definition) is 3. The van der Waals surface area contributed by atoms with Crippen molar-refractivity contribution < 1.29 is 48.7 Å². The summed E-state index contributed by atoms with van der Waals surface area (Å²) in [5.41, 5.74) is 9.12. The molecule has 0 saturated heterocycles. The van der Waals surface area contributed by atoms with E-state index in [-0.39, 0.29) is 38.0 Å². The van der Waals surface area contributed by atoms with Crippen molar-refractivity contribution in [2.45, 2.75) is 27.5 Å². The normalized spacial score (nSPS) is 10.3. The van der Waals surface area contributed by atoms with Crippen LogP contribution < -0.4 is 11.5 Å². The summed E-state index contributed by atoms with van der Waals surface area (Å²) in [6, 6.07) is 10.8. The van der Waals surface area contributed by atoms with Crippen molar-refractivity contribution in [2.75, 3.05) is 11.5 Å². The van der Waals surface area contributed by atoms with Crippen LogP contribution in [0.15, 0.2) is 97.8 Å². The molecule has 0 amide bonds. The summed E-state index contributed by atoms with van der Waals surface area (Å²) in [4.78, 5) is 22.1. The largest absolute Gasteiger partial charge is 0.417 e. The lowest BCUT2D eigenvalue weighted by Gasteiger charge is -2.11. The van der Waals surface area contributed by atoms with Gasteiger partial charge in [-0.2, -0.15) is 27.8 Å². The molecular formula is C35H31F10N11O. The molecule has 302 valence electrons. The monoisotopic (exact) mass is 811 g/mol. The van der Waals surface area contributed by atoms with Gasteiger partial charge in [-0.15, -0.1) is 5.10 Å². The lowest BCUT2D eigenvalue weighted by Crippen LogP contribution is -2.14. The van der Waals surface area contributed by atoms with Crippen LogP contribution >= 0.6 is 0 Å². The van der Waals surface area contributed by atoms with Gasteiger partial charge >= 0.3 is 6.18 Å². The zero-order valence-electron chi connectivity index (χ0n) is 27.4. The number of rotatable bonds is 5. The molecule has 22 heteroatoms. The number of alkyl halides is 3. The van der Waals surface area contributed by atoms with Gasteiger partial charge in [0.15, 0.2) is 34.9 Å². The topological polar surface area (TPSA) is 172 Å². The molecule has 0 unspecified atom stereocenters. The third kappa shape index (κ3) is 13.3. The Morgan fingerprint density at radius 3 is 1.65 bits per heavy atom. The third-order valence-electron chi connectivity index (χ3n) is 6.42. The second-order valence-corrected chi connectivity index (χ2v) is 10.4. The number of aromatic amines is 1. The van der Waals surface area contributed by atoms with E-state index in [0.717, 1.165) is 40.0 Å². The van der Waals surface area contributed by atoms with E-state index in [0.29, 0.717) is 24.1 Å². The molecule has 0 fully saturated rings. The summed E-state index contributed by atoms with van der Waals surface area (Å²) < 4.78 is 129. The fourth-order valence-corrected chi connectivity index (χ4v) is 4.08. The highest BCUT2D eigenvalue weighted by molar-refractivity contribution is 5.98. The fourth-order valence-electron chi connectivity index (χ4n) is 4.08. The lowest BCUT2D eigenvalue weighted by molar-refractivity contribution is -0.137. The second-order valence-electron chi connectivity index (χ2n) is 10.4. The SMILES string of the molecule is C.C.Fc1cnc(F)c(F)c1.Nc1ccn(-c2ncc(F)cc2F)n1.Nc1ccn[nH]1.O=C(Cc1ccn(-c2ncc(F)cc2F)n1)c1ccccc1C(F)(F)F. The summed E-state index contributed by atoms with van der Waals surface area (Å²) >= 11 is 0. The van der Waals surface area contributed by atoms with Crippen molar-refractivity contribution in [3.63, 3.8) is 0 Å². The summed E-state index contributed by atoms with van der Waals surface area (Å²) in [5, 5.41) is 13.8. The van der Waals surface area contributed by atoms with E-state index in [1.165, 1.54) is 36.7 Å². The number of nitrogen functional groups attached to an aromatic ring is 2. The van der Waals surface area contributed by atoms with E-state index >= 15 is 0 Å². The summed E-state index contributed by atoms with van der Waals surface area (Å²) in [7, 11) is 0. The minimum absolute atomic E-state index is 0. The molecule has 5 N–H and O–H groups in total. The molecule has 0 aliphatic carbocycles. The Morgan fingerprint density at radius 2 is 1.21 bits per heavy atom. The minimum atomic E-state index is -4.66. The molecule has 12 nitrogen and oxygen atoms in total. The van der Waals surface area contributed by atoms with Crippen molar-refractivity contribution in [3.05, 3.63) is 156 Å². The Bertz CT molecular complexity index is 2350. The van der Waals surface area contributed by atoms with E-state index in [4.69, 9.17) is 11.5 Å². The molecule has 0 bridgehead atoms. The number of nitrogens with two attached hydrogens (primary N) is 2. The Hall–Kier alpha value is -7.13. The average Bonchev–Trinajstić information content (AvgIpc) is 3.90. The number of pyridine rings is 3. The third-order valence-corrected chi connectivity index (χ3v) is 6.42. The van der Waals surface area contributed by atoms with Crippen LogP contribution in [0.25, 0.3) is 11.6 Å². The van der Waals surface area contributed by atoms with Crippen LogP contribution in [0, 0.1) is 40.9 Å². The Kier molecular flexibility index (Phi) is 16.6. The van der Waals surface area contributed by atoms with Crippen LogP contribution in [0.1, 0.15) is 36.5 Å². The molecule has 57 heavy (non-hydrogen) atoms. The maximum Gasteiger partial charge on any atom is 0.417 e. The average molecular weight is 812 g/mol. The molecule has 0 aliphatic rings. The summed E-state index contributed by atoms with van der Waals surface area (Å²) in [6.07, 6.45) is 1.57. The highest BCUT2D eigenvalue weighted by atomic mass is 19.4. The number of aromatic nitrogens is 9. The minimum Gasteiger partial charge on any atom is -0.384 e.